The van der Waals surface area contributed by atoms with Crippen LogP contribution in [-0.2, 0) is 4.79 Å². The first-order chi connectivity index (χ1) is 6.63. The minimum atomic E-state index is -0.872. The van der Waals surface area contributed by atoms with Gasteiger partial charge < -0.3 is 14.8 Å². The van der Waals surface area contributed by atoms with Crippen LogP contribution in [-0.4, -0.2) is 34.9 Å². The molecule has 14 heavy (non-hydrogen) atoms. The fourth-order valence-electron chi connectivity index (χ4n) is 0.831. The van der Waals surface area contributed by atoms with Crippen LogP contribution in [0.2, 0.25) is 0 Å². The highest BCUT2D eigenvalue weighted by Crippen LogP contribution is 2.17. The number of aromatic nitrogens is 1. The number of aryl methyl sites for hydroxylation is 1. The zero-order chi connectivity index (χ0) is 10.6. The monoisotopic (exact) mass is 216 g/mol. The maximum Gasteiger partial charge on any atom is 0.321 e. The fraction of sp³-hybridized carbons (Fsp3) is 0.500. The second-order valence-corrected chi connectivity index (χ2v) is 3.72. The van der Waals surface area contributed by atoms with Crippen molar-refractivity contribution in [1.29, 1.82) is 0 Å². The van der Waals surface area contributed by atoms with Gasteiger partial charge in [-0.15, -0.1) is 0 Å². The summed E-state index contributed by atoms with van der Waals surface area (Å²) in [5.74, 6) is -0.477. The SMILES string of the molecule is CNC(CSc1nc(C)co1)C(=O)O. The van der Waals surface area contributed by atoms with Crippen LogP contribution >= 0.6 is 11.8 Å². The van der Waals surface area contributed by atoms with Gasteiger partial charge in [0.15, 0.2) is 0 Å². The standard InChI is InChI=1S/C8H12N2O3S/c1-5-3-13-8(10-5)14-4-6(9-2)7(11)12/h3,6,9H,4H2,1-2H3,(H,11,12). The Morgan fingerprint density at radius 2 is 2.57 bits per heavy atom. The molecule has 0 aliphatic heterocycles. The van der Waals surface area contributed by atoms with Crippen molar-refractivity contribution in [3.05, 3.63) is 12.0 Å². The zero-order valence-corrected chi connectivity index (χ0v) is 8.80. The highest BCUT2D eigenvalue weighted by Gasteiger charge is 2.16. The smallest absolute Gasteiger partial charge is 0.321 e. The third-order valence-electron chi connectivity index (χ3n) is 1.62. The van der Waals surface area contributed by atoms with Crippen molar-refractivity contribution in [2.45, 2.75) is 18.2 Å². The van der Waals surface area contributed by atoms with Gasteiger partial charge in [0.1, 0.15) is 12.3 Å². The van der Waals surface area contributed by atoms with Crippen LogP contribution in [0, 0.1) is 6.92 Å². The van der Waals surface area contributed by atoms with Crippen LogP contribution in [0.4, 0.5) is 0 Å². The Morgan fingerprint density at radius 3 is 3.00 bits per heavy atom. The Kier molecular flexibility index (Phi) is 3.97. The number of nitrogens with zero attached hydrogens (tertiary/aromatic N) is 1. The van der Waals surface area contributed by atoms with Gasteiger partial charge in [0.2, 0.25) is 0 Å². The average Bonchev–Trinajstić information content (AvgIpc) is 2.52. The van der Waals surface area contributed by atoms with E-state index >= 15 is 0 Å². The number of likely N-dealkylation sites (N-methyl/N-ethyl adjacent to an activating group) is 1. The lowest BCUT2D eigenvalue weighted by molar-refractivity contribution is -0.138. The summed E-state index contributed by atoms with van der Waals surface area (Å²) in [6, 6.07) is -0.577. The van der Waals surface area contributed by atoms with E-state index in [0.717, 1.165) is 5.69 Å². The molecule has 1 atom stereocenters. The third kappa shape index (κ3) is 3.04. The van der Waals surface area contributed by atoms with Crippen LogP contribution in [0.25, 0.3) is 0 Å². The van der Waals surface area contributed by atoms with Crippen LogP contribution in [0.15, 0.2) is 15.9 Å². The molecule has 0 amide bonds. The highest BCUT2D eigenvalue weighted by atomic mass is 32.2. The summed E-state index contributed by atoms with van der Waals surface area (Å²) < 4.78 is 5.07. The predicted octanol–water partition coefficient (Wildman–Crippen LogP) is 0.748. The normalized spacial score (nSPS) is 12.7. The van der Waals surface area contributed by atoms with E-state index in [9.17, 15) is 4.79 Å². The summed E-state index contributed by atoms with van der Waals surface area (Å²) in [6.45, 7) is 1.82. The van der Waals surface area contributed by atoms with Crippen LogP contribution in [0.5, 0.6) is 0 Å². The van der Waals surface area contributed by atoms with Crippen molar-refractivity contribution in [2.75, 3.05) is 12.8 Å². The Labute approximate surface area is 85.9 Å². The molecule has 1 heterocycles. The molecule has 0 aliphatic carbocycles. The maximum absolute atomic E-state index is 10.6. The van der Waals surface area contributed by atoms with Crippen molar-refractivity contribution in [3.8, 4) is 0 Å². The van der Waals surface area contributed by atoms with Gasteiger partial charge in [-0.3, -0.25) is 4.79 Å². The van der Waals surface area contributed by atoms with Crippen molar-refractivity contribution in [3.63, 3.8) is 0 Å². The largest absolute Gasteiger partial charge is 0.480 e. The van der Waals surface area contributed by atoms with Gasteiger partial charge in [-0.2, -0.15) is 0 Å². The van der Waals surface area contributed by atoms with Crippen molar-refractivity contribution >= 4 is 17.7 Å². The van der Waals surface area contributed by atoms with Crippen LogP contribution in [0.1, 0.15) is 5.69 Å². The number of thioether (sulfide) groups is 1. The van der Waals surface area contributed by atoms with Crippen LogP contribution < -0.4 is 5.32 Å². The van der Waals surface area contributed by atoms with E-state index in [4.69, 9.17) is 9.52 Å². The van der Waals surface area contributed by atoms with Gasteiger partial charge in [-0.25, -0.2) is 4.98 Å². The number of oxazole rings is 1. The molecular weight excluding hydrogens is 204 g/mol. The molecule has 0 aromatic carbocycles. The zero-order valence-electron chi connectivity index (χ0n) is 7.98. The molecule has 0 radical (unpaired) electrons. The van der Waals surface area contributed by atoms with Gasteiger partial charge in [0, 0.05) is 5.75 Å². The van der Waals surface area contributed by atoms with Crippen molar-refractivity contribution < 1.29 is 14.3 Å². The summed E-state index contributed by atoms with van der Waals surface area (Å²) in [7, 11) is 1.61. The van der Waals surface area contributed by atoms with Gasteiger partial charge in [-0.05, 0) is 14.0 Å². The lowest BCUT2D eigenvalue weighted by Gasteiger charge is -2.07. The topological polar surface area (TPSA) is 75.4 Å². The molecule has 0 fully saturated rings. The first-order valence-electron chi connectivity index (χ1n) is 4.08. The molecule has 78 valence electrons. The average molecular weight is 216 g/mol. The third-order valence-corrected chi connectivity index (χ3v) is 2.55. The van der Waals surface area contributed by atoms with Gasteiger partial charge in [0.25, 0.3) is 5.22 Å². The summed E-state index contributed by atoms with van der Waals surface area (Å²) in [6.07, 6.45) is 1.54. The molecule has 0 spiro atoms. The fourth-order valence-corrected chi connectivity index (χ4v) is 1.77. The van der Waals surface area contributed by atoms with E-state index in [0.29, 0.717) is 11.0 Å². The summed E-state index contributed by atoms with van der Waals surface area (Å²) in [5, 5.41) is 11.9. The highest BCUT2D eigenvalue weighted by molar-refractivity contribution is 7.99. The minimum Gasteiger partial charge on any atom is -0.480 e. The molecule has 1 unspecified atom stereocenters. The molecule has 1 rings (SSSR count). The maximum atomic E-state index is 10.6. The van der Waals surface area contributed by atoms with E-state index in [2.05, 4.69) is 10.3 Å². The predicted molar refractivity (Wildman–Crippen MR) is 52.4 cm³/mol. The van der Waals surface area contributed by atoms with E-state index in [1.165, 1.54) is 18.0 Å². The van der Waals surface area contributed by atoms with Crippen molar-refractivity contribution in [2.24, 2.45) is 0 Å². The van der Waals surface area contributed by atoms with E-state index in [-0.39, 0.29) is 0 Å². The molecule has 5 nitrogen and oxygen atoms in total. The number of carboxylic acid groups (broad SMARTS) is 1. The van der Waals surface area contributed by atoms with E-state index in [1.807, 2.05) is 6.92 Å². The Balaban J connectivity index is 2.43. The molecule has 0 saturated carbocycles. The number of hydrogen-bond acceptors (Lipinski definition) is 5. The van der Waals surface area contributed by atoms with E-state index < -0.39 is 12.0 Å². The second kappa shape index (κ2) is 5.02. The van der Waals surface area contributed by atoms with Gasteiger partial charge >= 0.3 is 5.97 Å². The van der Waals surface area contributed by atoms with Gasteiger partial charge in [-0.1, -0.05) is 11.8 Å². The Morgan fingerprint density at radius 1 is 1.86 bits per heavy atom. The lowest BCUT2D eigenvalue weighted by Crippen LogP contribution is -2.35. The van der Waals surface area contributed by atoms with E-state index in [1.54, 1.807) is 7.05 Å². The summed E-state index contributed by atoms with van der Waals surface area (Å²) in [4.78, 5) is 14.7. The molecule has 0 aliphatic rings. The summed E-state index contributed by atoms with van der Waals surface area (Å²) in [5.41, 5.74) is 0.795. The first-order valence-corrected chi connectivity index (χ1v) is 5.07. The number of nitrogens with one attached hydrogen (secondary N) is 1. The first kappa shape index (κ1) is 11.1. The second-order valence-electron chi connectivity index (χ2n) is 2.75. The Bertz CT molecular complexity index is 313. The lowest BCUT2D eigenvalue weighted by atomic mass is 10.3. The number of carbonyl (C=O) groups is 1. The molecule has 0 saturated heterocycles. The minimum absolute atomic E-state index is 0.395. The quantitative estimate of drug-likeness (QED) is 0.707. The molecule has 2 N–H and O–H groups in total. The van der Waals surface area contributed by atoms with Crippen LogP contribution in [0.3, 0.4) is 0 Å². The van der Waals surface area contributed by atoms with Gasteiger partial charge in [0.05, 0.1) is 5.69 Å². The summed E-state index contributed by atoms with van der Waals surface area (Å²) >= 11 is 1.28. The molecule has 0 bridgehead atoms. The molecule has 1 aromatic heterocycles. The molecular formula is C8H12N2O3S. The number of carboxylic acids is 1. The Hall–Kier alpha value is -1.01. The molecule has 6 heteroatoms. The number of aliphatic carboxylic acids is 1. The van der Waals surface area contributed by atoms with Crippen molar-refractivity contribution in [1.82, 2.24) is 10.3 Å². The number of rotatable bonds is 5. The molecule has 1 aromatic rings. The number of hydrogen-bond donors (Lipinski definition) is 2.